The Labute approximate surface area is 152 Å². The van der Waals surface area contributed by atoms with Crippen LogP contribution in [0.2, 0.25) is 0 Å². The second kappa shape index (κ2) is 8.28. The van der Waals surface area contributed by atoms with Crippen LogP contribution in [0.1, 0.15) is 93.4 Å². The number of amides is 2. The Balaban J connectivity index is 2.93. The van der Waals surface area contributed by atoms with Gasteiger partial charge in [0, 0.05) is 0 Å². The lowest BCUT2D eigenvalue weighted by atomic mass is 9.73. The van der Waals surface area contributed by atoms with Gasteiger partial charge in [0.2, 0.25) is 0 Å². The van der Waals surface area contributed by atoms with Crippen LogP contribution in [0.5, 0.6) is 0 Å². The van der Waals surface area contributed by atoms with Crippen LogP contribution in [-0.4, -0.2) is 33.9 Å². The monoisotopic (exact) mass is 356 g/mol. The molecule has 0 aromatic heterocycles. The van der Waals surface area contributed by atoms with E-state index < -0.39 is 23.4 Å². The fraction of sp³-hybridized carbons (Fsp3) is 0.895. The second-order valence-electron chi connectivity index (χ2n) is 8.96. The quantitative estimate of drug-likeness (QED) is 0.545. The predicted octanol–water partition coefficient (Wildman–Crippen LogP) is 5.17. The van der Waals surface area contributed by atoms with Crippen LogP contribution in [0.3, 0.4) is 0 Å². The van der Waals surface area contributed by atoms with Crippen molar-refractivity contribution in [2.75, 3.05) is 0 Å². The molecule has 1 fully saturated rings. The van der Waals surface area contributed by atoms with Crippen molar-refractivity contribution in [2.24, 2.45) is 0 Å². The van der Waals surface area contributed by atoms with Crippen molar-refractivity contribution in [3.63, 3.8) is 0 Å². The Morgan fingerprint density at radius 2 is 1.56 bits per heavy atom. The molecule has 0 aromatic carbocycles. The average Bonchev–Trinajstić information content (AvgIpc) is 2.35. The zero-order chi connectivity index (χ0) is 19.3. The molecule has 0 aliphatic heterocycles. The van der Waals surface area contributed by atoms with Gasteiger partial charge in [0.15, 0.2) is 0 Å². The summed E-state index contributed by atoms with van der Waals surface area (Å²) in [6.07, 6.45) is 5.73. The highest BCUT2D eigenvalue weighted by Gasteiger charge is 2.47. The lowest BCUT2D eigenvalue weighted by Crippen LogP contribution is -2.64. The molecule has 1 saturated carbocycles. The van der Waals surface area contributed by atoms with Gasteiger partial charge in [0.25, 0.3) is 0 Å². The molecule has 0 unspecified atom stereocenters. The Hall–Kier alpha value is -1.46. The van der Waals surface area contributed by atoms with Gasteiger partial charge < -0.3 is 9.47 Å². The molecule has 0 spiro atoms. The van der Waals surface area contributed by atoms with Crippen molar-refractivity contribution >= 4 is 12.2 Å². The summed E-state index contributed by atoms with van der Waals surface area (Å²) in [4.78, 5) is 25.0. The number of ether oxygens (including phenoxy) is 2. The van der Waals surface area contributed by atoms with E-state index in [0.29, 0.717) is 0 Å². The first-order chi connectivity index (χ1) is 11.4. The molecule has 146 valence electrons. The summed E-state index contributed by atoms with van der Waals surface area (Å²) in [6.45, 7) is 13.0. The summed E-state index contributed by atoms with van der Waals surface area (Å²) in [5.74, 6) is 0. The number of hydrazine groups is 1. The summed E-state index contributed by atoms with van der Waals surface area (Å²) < 4.78 is 10.9. The molecule has 1 aliphatic rings. The van der Waals surface area contributed by atoms with Gasteiger partial charge in [-0.25, -0.2) is 20.0 Å². The lowest BCUT2D eigenvalue weighted by Gasteiger charge is -2.49. The van der Waals surface area contributed by atoms with E-state index in [-0.39, 0.29) is 5.54 Å². The molecule has 0 heterocycles. The Morgan fingerprint density at radius 3 is 1.96 bits per heavy atom. The third-order valence-corrected chi connectivity index (χ3v) is 4.18. The number of hydrogen-bond donors (Lipinski definition) is 1. The summed E-state index contributed by atoms with van der Waals surface area (Å²) in [6, 6.07) is 0. The highest BCUT2D eigenvalue weighted by molar-refractivity contribution is 5.75. The van der Waals surface area contributed by atoms with E-state index >= 15 is 0 Å². The van der Waals surface area contributed by atoms with Crippen molar-refractivity contribution in [2.45, 2.75) is 110 Å². The first kappa shape index (κ1) is 21.6. The maximum Gasteiger partial charge on any atom is 0.429 e. The maximum absolute atomic E-state index is 12.8. The van der Waals surface area contributed by atoms with E-state index in [0.717, 1.165) is 44.9 Å². The molecule has 0 bridgehead atoms. The molecule has 2 amide bonds. The van der Waals surface area contributed by atoms with Gasteiger partial charge in [-0.2, -0.15) is 0 Å². The fourth-order valence-electron chi connectivity index (χ4n) is 2.93. The van der Waals surface area contributed by atoms with Crippen molar-refractivity contribution in [1.82, 2.24) is 10.4 Å². The topological polar surface area (TPSA) is 67.9 Å². The molecule has 1 N–H and O–H groups in total. The molecule has 6 nitrogen and oxygen atoms in total. The fourth-order valence-corrected chi connectivity index (χ4v) is 2.93. The first-order valence-electron chi connectivity index (χ1n) is 9.41. The zero-order valence-corrected chi connectivity index (χ0v) is 17.0. The van der Waals surface area contributed by atoms with Gasteiger partial charge in [0.1, 0.15) is 11.2 Å². The molecular formula is C19H36N2O4. The van der Waals surface area contributed by atoms with E-state index in [1.807, 2.05) is 20.8 Å². The van der Waals surface area contributed by atoms with Gasteiger partial charge in [-0.1, -0.05) is 26.2 Å². The number of rotatable bonds is 5. The Kier molecular flexibility index (Phi) is 7.15. The van der Waals surface area contributed by atoms with E-state index in [1.165, 1.54) is 5.01 Å². The third-order valence-electron chi connectivity index (χ3n) is 4.18. The predicted molar refractivity (Wildman–Crippen MR) is 98.2 cm³/mol. The van der Waals surface area contributed by atoms with Gasteiger partial charge in [-0.15, -0.1) is 0 Å². The number of hydrogen-bond acceptors (Lipinski definition) is 4. The minimum absolute atomic E-state index is 0.367. The summed E-state index contributed by atoms with van der Waals surface area (Å²) in [5, 5.41) is 1.39. The number of carbonyl (C=O) groups excluding carboxylic acids is 2. The SMILES string of the molecule is CCCCCC1(N(NC(=O)OC(C)(C)C)C(=O)OC(C)(C)C)CCC1. The zero-order valence-electron chi connectivity index (χ0n) is 17.0. The summed E-state index contributed by atoms with van der Waals surface area (Å²) in [7, 11) is 0. The van der Waals surface area contributed by atoms with E-state index in [9.17, 15) is 9.59 Å². The average molecular weight is 357 g/mol. The molecule has 25 heavy (non-hydrogen) atoms. The third kappa shape index (κ3) is 7.12. The highest BCUT2D eigenvalue weighted by Crippen LogP contribution is 2.41. The molecule has 0 saturated heterocycles. The Morgan fingerprint density at radius 1 is 1.00 bits per heavy atom. The number of nitrogens with one attached hydrogen (secondary N) is 1. The smallest absolute Gasteiger partial charge is 0.429 e. The van der Waals surface area contributed by atoms with Crippen LogP contribution >= 0.6 is 0 Å². The van der Waals surface area contributed by atoms with Crippen LogP contribution in [0.25, 0.3) is 0 Å². The molecule has 6 heteroatoms. The normalized spacial score (nSPS) is 16.6. The summed E-state index contributed by atoms with van der Waals surface area (Å²) >= 11 is 0. The van der Waals surface area contributed by atoms with Crippen molar-refractivity contribution in [1.29, 1.82) is 0 Å². The van der Waals surface area contributed by atoms with Gasteiger partial charge in [0.05, 0.1) is 5.54 Å². The maximum atomic E-state index is 12.8. The molecule has 0 radical (unpaired) electrons. The van der Waals surface area contributed by atoms with E-state index in [1.54, 1.807) is 20.8 Å². The first-order valence-corrected chi connectivity index (χ1v) is 9.41. The molecule has 1 rings (SSSR count). The summed E-state index contributed by atoms with van der Waals surface area (Å²) in [5.41, 5.74) is 1.04. The van der Waals surface area contributed by atoms with Gasteiger partial charge in [-0.05, 0) is 67.2 Å². The lowest BCUT2D eigenvalue weighted by molar-refractivity contribution is -0.0587. The molecule has 0 aromatic rings. The standard InChI is InChI=1S/C19H36N2O4/c1-8-9-10-12-19(13-11-14-19)21(16(23)25-18(5,6)7)20-15(22)24-17(2,3)4/h8-14H2,1-7H3,(H,20,22). The van der Waals surface area contributed by atoms with Gasteiger partial charge in [-0.3, -0.25) is 0 Å². The van der Waals surface area contributed by atoms with E-state index in [2.05, 4.69) is 12.3 Å². The number of unbranched alkanes of at least 4 members (excludes halogenated alkanes) is 2. The molecule has 1 aliphatic carbocycles. The van der Waals surface area contributed by atoms with Crippen LogP contribution in [0.4, 0.5) is 9.59 Å². The minimum Gasteiger partial charge on any atom is -0.443 e. The largest absolute Gasteiger partial charge is 0.443 e. The second-order valence-corrected chi connectivity index (χ2v) is 8.96. The van der Waals surface area contributed by atoms with Crippen molar-refractivity contribution in [3.8, 4) is 0 Å². The minimum atomic E-state index is -0.626. The van der Waals surface area contributed by atoms with Gasteiger partial charge >= 0.3 is 12.2 Å². The highest BCUT2D eigenvalue weighted by atomic mass is 16.6. The van der Waals surface area contributed by atoms with E-state index in [4.69, 9.17) is 9.47 Å². The van der Waals surface area contributed by atoms with Crippen LogP contribution < -0.4 is 5.43 Å². The van der Waals surface area contributed by atoms with Crippen molar-refractivity contribution in [3.05, 3.63) is 0 Å². The van der Waals surface area contributed by atoms with Crippen LogP contribution in [0.15, 0.2) is 0 Å². The number of carbonyl (C=O) groups is 2. The van der Waals surface area contributed by atoms with Crippen LogP contribution in [0, 0.1) is 0 Å². The van der Waals surface area contributed by atoms with Crippen LogP contribution in [-0.2, 0) is 9.47 Å². The number of nitrogens with zero attached hydrogens (tertiary/aromatic N) is 1. The molecular weight excluding hydrogens is 320 g/mol. The Bertz CT molecular complexity index is 459. The van der Waals surface area contributed by atoms with Crippen molar-refractivity contribution < 1.29 is 19.1 Å². The molecule has 0 atom stereocenters.